The average molecular weight is 656 g/mol. The van der Waals surface area contributed by atoms with Crippen molar-refractivity contribution in [3.8, 4) is 0 Å². The predicted octanol–water partition coefficient (Wildman–Crippen LogP) is 14.0. The van der Waals surface area contributed by atoms with Gasteiger partial charge in [-0.3, -0.25) is 0 Å². The van der Waals surface area contributed by atoms with Crippen LogP contribution >= 0.6 is 0 Å². The predicted molar refractivity (Wildman–Crippen MR) is 210 cm³/mol. The van der Waals surface area contributed by atoms with Crippen molar-refractivity contribution in [2.75, 3.05) is 0 Å². The van der Waals surface area contributed by atoms with Crippen molar-refractivity contribution in [2.45, 2.75) is 199 Å². The van der Waals surface area contributed by atoms with E-state index in [0.717, 1.165) is 13.0 Å². The highest BCUT2D eigenvalue weighted by atomic mass is 15.1. The summed E-state index contributed by atoms with van der Waals surface area (Å²) in [5.74, 6) is 1.87. The van der Waals surface area contributed by atoms with Gasteiger partial charge in [-0.25, -0.2) is 9.55 Å². The van der Waals surface area contributed by atoms with Crippen LogP contribution < -0.4 is 4.57 Å². The van der Waals surface area contributed by atoms with Crippen LogP contribution in [0.3, 0.4) is 0 Å². The van der Waals surface area contributed by atoms with Crippen LogP contribution in [0.1, 0.15) is 198 Å². The van der Waals surface area contributed by atoms with Gasteiger partial charge in [-0.1, -0.05) is 216 Å². The lowest BCUT2D eigenvalue weighted by Gasteiger charge is -2.37. The van der Waals surface area contributed by atoms with Gasteiger partial charge in [0.15, 0.2) is 0 Å². The maximum Gasteiger partial charge on any atom is 0.258 e. The van der Waals surface area contributed by atoms with Crippen molar-refractivity contribution in [3.05, 3.63) is 90.0 Å². The van der Waals surface area contributed by atoms with Gasteiger partial charge in [-0.05, 0) is 36.8 Å². The Bertz CT molecular complexity index is 1140. The third kappa shape index (κ3) is 15.5. The molecule has 2 unspecified atom stereocenters. The fourth-order valence-electron chi connectivity index (χ4n) is 8.03. The van der Waals surface area contributed by atoms with Gasteiger partial charge < -0.3 is 0 Å². The summed E-state index contributed by atoms with van der Waals surface area (Å²) in [5.41, 5.74) is 2.91. The van der Waals surface area contributed by atoms with Crippen LogP contribution in [-0.2, 0) is 18.4 Å². The molecule has 0 aliphatic heterocycles. The Morgan fingerprint density at radius 2 is 0.979 bits per heavy atom. The van der Waals surface area contributed by atoms with Gasteiger partial charge in [0.2, 0.25) is 0 Å². The molecule has 3 rings (SSSR count). The lowest BCUT2D eigenvalue weighted by molar-refractivity contribution is -0.705. The number of aryl methyl sites for hydroxylation is 1. The van der Waals surface area contributed by atoms with Crippen LogP contribution in [0.2, 0.25) is 0 Å². The van der Waals surface area contributed by atoms with E-state index < -0.39 is 0 Å². The van der Waals surface area contributed by atoms with Crippen LogP contribution in [-0.4, -0.2) is 4.98 Å². The summed E-state index contributed by atoms with van der Waals surface area (Å²) in [6.45, 7) is 8.29. The van der Waals surface area contributed by atoms with E-state index in [2.05, 4.69) is 103 Å². The first kappa shape index (κ1) is 40.1. The molecule has 0 spiro atoms. The second-order valence-corrected chi connectivity index (χ2v) is 15.3. The topological polar surface area (TPSA) is 19.7 Å². The normalized spacial score (nSPS) is 13.5. The van der Waals surface area contributed by atoms with Gasteiger partial charge in [-0.15, -0.1) is 0 Å². The average Bonchev–Trinajstić information content (AvgIpc) is 3.58. The zero-order chi connectivity index (χ0) is 34.0. The fraction of sp³-hybridized carbons (Fsp3) is 0.674. The van der Waals surface area contributed by atoms with E-state index in [1.807, 2.05) is 0 Å². The molecule has 2 atom stereocenters. The van der Waals surface area contributed by atoms with Crippen molar-refractivity contribution in [1.82, 2.24) is 4.98 Å². The summed E-state index contributed by atoms with van der Waals surface area (Å²) in [4.78, 5) is 3.81. The molecule has 1 heterocycles. The van der Waals surface area contributed by atoms with Crippen molar-refractivity contribution in [1.29, 1.82) is 0 Å². The molecule has 0 radical (unpaired) electrons. The van der Waals surface area contributed by atoms with Gasteiger partial charge in [0.1, 0.15) is 12.4 Å². The quantitative estimate of drug-likeness (QED) is 0.0545. The van der Waals surface area contributed by atoms with Gasteiger partial charge in [0, 0.05) is 5.41 Å². The highest BCUT2D eigenvalue weighted by Gasteiger charge is 2.41. The molecule has 48 heavy (non-hydrogen) atoms. The zero-order valence-electron chi connectivity index (χ0n) is 31.8. The molecule has 0 saturated carbocycles. The molecule has 2 nitrogen and oxygen atoms in total. The molecule has 2 heteroatoms. The Balaban J connectivity index is 1.60. The van der Waals surface area contributed by atoms with Gasteiger partial charge in [-0.2, -0.15) is 0 Å². The third-order valence-corrected chi connectivity index (χ3v) is 11.1. The molecular formula is C46H75N2+. The minimum atomic E-state index is 0.00409. The standard InChI is InChI=1S/C46H74N2/c1-4-6-8-10-12-14-16-17-19-21-23-31-37-44(46(3,43-35-29-26-30-36-43)41-42-33-27-25-28-34-42)45-47-38-40-48(45)39-32-24-22-20-18-15-13-11-9-7-5-2/h25-30,33-36,38,40,44H,4-24,31-32,37,39,41H2,1-3H3/p+1. The summed E-state index contributed by atoms with van der Waals surface area (Å²) in [6, 6.07) is 22.7. The van der Waals surface area contributed by atoms with Gasteiger partial charge in [0.05, 0.1) is 12.5 Å². The first-order chi connectivity index (χ1) is 23.7. The second-order valence-electron chi connectivity index (χ2n) is 15.3. The van der Waals surface area contributed by atoms with Crippen LogP contribution in [0, 0.1) is 0 Å². The zero-order valence-corrected chi connectivity index (χ0v) is 31.8. The van der Waals surface area contributed by atoms with Gasteiger partial charge >= 0.3 is 0 Å². The van der Waals surface area contributed by atoms with Crippen molar-refractivity contribution in [3.63, 3.8) is 0 Å². The highest BCUT2D eigenvalue weighted by Crippen LogP contribution is 2.43. The molecule has 0 saturated heterocycles. The first-order valence-corrected chi connectivity index (χ1v) is 20.8. The minimum Gasteiger partial charge on any atom is -0.247 e. The van der Waals surface area contributed by atoms with Crippen LogP contribution in [0.4, 0.5) is 0 Å². The molecule has 0 fully saturated rings. The second kappa shape index (κ2) is 25.6. The number of aromatic nitrogens is 2. The summed E-state index contributed by atoms with van der Waals surface area (Å²) < 4.78 is 2.59. The van der Waals surface area contributed by atoms with E-state index in [4.69, 9.17) is 0 Å². The summed E-state index contributed by atoms with van der Waals surface area (Å²) in [5, 5.41) is 0. The first-order valence-electron chi connectivity index (χ1n) is 20.8. The number of benzene rings is 2. The Hall–Kier alpha value is -2.35. The summed E-state index contributed by atoms with van der Waals surface area (Å²) in [6.07, 6.45) is 38.9. The summed E-state index contributed by atoms with van der Waals surface area (Å²) >= 11 is 0. The molecule has 268 valence electrons. The van der Waals surface area contributed by atoms with Crippen molar-refractivity contribution >= 4 is 0 Å². The fourth-order valence-corrected chi connectivity index (χ4v) is 8.03. The largest absolute Gasteiger partial charge is 0.258 e. The number of rotatable bonds is 30. The number of aromatic amines is 1. The van der Waals surface area contributed by atoms with E-state index >= 15 is 0 Å². The molecule has 1 N–H and O–H groups in total. The van der Waals surface area contributed by atoms with E-state index in [9.17, 15) is 0 Å². The molecule has 0 aliphatic rings. The SMILES string of the molecule is CCCCCCCCCCCCCCC(c1[nH]cc[n+]1CCCCCCCCCCCCC)C(C)(Cc1ccccc1)c1ccccc1. The Morgan fingerprint density at radius 1 is 0.542 bits per heavy atom. The maximum absolute atomic E-state index is 3.81. The van der Waals surface area contributed by atoms with Crippen LogP contribution in [0.15, 0.2) is 73.1 Å². The molecule has 2 aromatic carbocycles. The molecular weight excluding hydrogens is 581 g/mol. The third-order valence-electron chi connectivity index (χ3n) is 11.1. The molecule has 0 bridgehead atoms. The van der Waals surface area contributed by atoms with Crippen molar-refractivity contribution in [2.24, 2.45) is 0 Å². The minimum absolute atomic E-state index is 0.00409. The molecule has 1 aromatic heterocycles. The molecule has 0 amide bonds. The van der Waals surface area contributed by atoms with E-state index in [1.165, 1.54) is 171 Å². The number of hydrogen-bond acceptors (Lipinski definition) is 0. The number of imidazole rings is 1. The van der Waals surface area contributed by atoms with E-state index in [-0.39, 0.29) is 5.41 Å². The monoisotopic (exact) mass is 656 g/mol. The number of H-pyrrole nitrogens is 1. The number of hydrogen-bond donors (Lipinski definition) is 1. The van der Waals surface area contributed by atoms with E-state index in [0.29, 0.717) is 5.92 Å². The Labute approximate surface area is 297 Å². The number of unbranched alkanes of at least 4 members (excludes halogenated alkanes) is 21. The smallest absolute Gasteiger partial charge is 0.247 e. The van der Waals surface area contributed by atoms with Crippen LogP contribution in [0.25, 0.3) is 0 Å². The lowest BCUT2D eigenvalue weighted by Crippen LogP contribution is -2.43. The van der Waals surface area contributed by atoms with Gasteiger partial charge in [0.25, 0.3) is 5.82 Å². The Kier molecular flexibility index (Phi) is 21.4. The number of nitrogens with one attached hydrogen (secondary N) is 1. The van der Waals surface area contributed by atoms with E-state index in [1.54, 1.807) is 0 Å². The summed E-state index contributed by atoms with van der Waals surface area (Å²) in [7, 11) is 0. The molecule has 0 aliphatic carbocycles. The Morgan fingerprint density at radius 3 is 1.48 bits per heavy atom. The highest BCUT2D eigenvalue weighted by molar-refractivity contribution is 5.32. The van der Waals surface area contributed by atoms with Crippen LogP contribution in [0.5, 0.6) is 0 Å². The maximum atomic E-state index is 3.81. The van der Waals surface area contributed by atoms with Crippen molar-refractivity contribution < 1.29 is 4.57 Å². The molecule has 3 aromatic rings. The number of nitrogens with zero attached hydrogens (tertiary/aromatic N) is 1. The lowest BCUT2D eigenvalue weighted by atomic mass is 9.66.